The Morgan fingerprint density at radius 3 is 2.74 bits per heavy atom. The number of ether oxygens (including phenoxy) is 1. The lowest BCUT2D eigenvalue weighted by molar-refractivity contribution is -0.123. The Labute approximate surface area is 129 Å². The molecule has 4 nitrogen and oxygen atoms in total. The number of nitrogens with one attached hydrogen (secondary N) is 2. The van der Waals surface area contributed by atoms with Crippen LogP contribution >= 0.6 is 35.6 Å². The van der Waals surface area contributed by atoms with Gasteiger partial charge < -0.3 is 15.4 Å². The SMILES string of the molecule is CCNCCNC(=O)COc1cc(Cl)ccc1Cl.Cl. The predicted octanol–water partition coefficient (Wildman–Crippen LogP) is 2.52. The minimum Gasteiger partial charge on any atom is -0.482 e. The van der Waals surface area contributed by atoms with Crippen molar-refractivity contribution in [3.05, 3.63) is 28.2 Å². The molecule has 1 aromatic carbocycles. The van der Waals surface area contributed by atoms with E-state index in [9.17, 15) is 4.79 Å². The molecule has 0 saturated carbocycles. The lowest BCUT2D eigenvalue weighted by Crippen LogP contribution is -2.34. The van der Waals surface area contributed by atoms with Crippen LogP contribution in [-0.2, 0) is 4.79 Å². The molecule has 0 aliphatic rings. The maximum absolute atomic E-state index is 11.4. The quantitative estimate of drug-likeness (QED) is 0.757. The lowest BCUT2D eigenvalue weighted by atomic mass is 10.3. The van der Waals surface area contributed by atoms with Gasteiger partial charge >= 0.3 is 0 Å². The Morgan fingerprint density at radius 2 is 2.05 bits per heavy atom. The van der Waals surface area contributed by atoms with E-state index in [-0.39, 0.29) is 24.9 Å². The number of benzene rings is 1. The molecule has 0 bridgehead atoms. The van der Waals surface area contributed by atoms with Crippen LogP contribution in [0.25, 0.3) is 0 Å². The predicted molar refractivity (Wildman–Crippen MR) is 80.8 cm³/mol. The van der Waals surface area contributed by atoms with Crippen LogP contribution < -0.4 is 15.4 Å². The van der Waals surface area contributed by atoms with E-state index >= 15 is 0 Å². The molecule has 1 amide bonds. The Kier molecular flexibility index (Phi) is 9.79. The molecule has 0 aliphatic heterocycles. The average molecular weight is 328 g/mol. The number of rotatable bonds is 7. The highest BCUT2D eigenvalue weighted by Gasteiger charge is 2.06. The first-order chi connectivity index (χ1) is 8.63. The van der Waals surface area contributed by atoms with Gasteiger partial charge in [0, 0.05) is 24.2 Å². The van der Waals surface area contributed by atoms with E-state index in [1.54, 1.807) is 18.2 Å². The Hall–Kier alpha value is -0.680. The Bertz CT molecular complexity index is 403. The van der Waals surface area contributed by atoms with E-state index in [1.165, 1.54) is 0 Å². The van der Waals surface area contributed by atoms with Crippen molar-refractivity contribution in [1.29, 1.82) is 0 Å². The van der Waals surface area contributed by atoms with Crippen molar-refractivity contribution < 1.29 is 9.53 Å². The number of amides is 1. The first kappa shape index (κ1) is 18.3. The zero-order chi connectivity index (χ0) is 13.4. The number of carbonyl (C=O) groups is 1. The largest absolute Gasteiger partial charge is 0.482 e. The third-order valence-corrected chi connectivity index (χ3v) is 2.67. The maximum Gasteiger partial charge on any atom is 0.257 e. The summed E-state index contributed by atoms with van der Waals surface area (Å²) in [4.78, 5) is 11.4. The van der Waals surface area contributed by atoms with Crippen molar-refractivity contribution in [1.82, 2.24) is 10.6 Å². The third kappa shape index (κ3) is 7.47. The maximum atomic E-state index is 11.4. The van der Waals surface area contributed by atoms with E-state index in [2.05, 4.69) is 10.6 Å². The van der Waals surface area contributed by atoms with Crippen LogP contribution in [0.5, 0.6) is 5.75 Å². The van der Waals surface area contributed by atoms with Gasteiger partial charge in [-0.3, -0.25) is 4.79 Å². The summed E-state index contributed by atoms with van der Waals surface area (Å²) in [5.74, 6) is 0.218. The van der Waals surface area contributed by atoms with Crippen LogP contribution in [0.15, 0.2) is 18.2 Å². The molecule has 0 heterocycles. The summed E-state index contributed by atoms with van der Waals surface area (Å²) in [5, 5.41) is 6.77. The number of hydrogen-bond donors (Lipinski definition) is 2. The summed E-state index contributed by atoms with van der Waals surface area (Å²) in [6.07, 6.45) is 0. The molecule has 0 saturated heterocycles. The zero-order valence-electron chi connectivity index (χ0n) is 10.5. The van der Waals surface area contributed by atoms with Crippen molar-refractivity contribution >= 4 is 41.5 Å². The second kappa shape index (κ2) is 10.1. The molecule has 1 aromatic rings. The Morgan fingerprint density at radius 1 is 1.32 bits per heavy atom. The van der Waals surface area contributed by atoms with Gasteiger partial charge in [-0.25, -0.2) is 0 Å². The Balaban J connectivity index is 0.00000324. The molecule has 1 rings (SSSR count). The van der Waals surface area contributed by atoms with Crippen LogP contribution in [0.3, 0.4) is 0 Å². The van der Waals surface area contributed by atoms with Gasteiger partial charge in [0.1, 0.15) is 5.75 Å². The van der Waals surface area contributed by atoms with Crippen LogP contribution in [-0.4, -0.2) is 32.1 Å². The van der Waals surface area contributed by atoms with Crippen molar-refractivity contribution in [3.63, 3.8) is 0 Å². The van der Waals surface area contributed by atoms with Gasteiger partial charge in [-0.05, 0) is 18.7 Å². The minimum atomic E-state index is -0.191. The summed E-state index contributed by atoms with van der Waals surface area (Å²) in [6, 6.07) is 4.87. The summed E-state index contributed by atoms with van der Waals surface area (Å²) in [6.45, 7) is 4.11. The second-order valence-electron chi connectivity index (χ2n) is 3.57. The average Bonchev–Trinajstić information content (AvgIpc) is 2.36. The van der Waals surface area contributed by atoms with Crippen LogP contribution in [0, 0.1) is 0 Å². The minimum absolute atomic E-state index is 0. The number of likely N-dealkylation sites (N-methyl/N-ethyl adjacent to an activating group) is 1. The highest BCUT2D eigenvalue weighted by atomic mass is 35.5. The van der Waals surface area contributed by atoms with Crippen LogP contribution in [0.4, 0.5) is 0 Å². The van der Waals surface area contributed by atoms with E-state index in [0.29, 0.717) is 22.3 Å². The summed E-state index contributed by atoms with van der Waals surface area (Å²) in [5.41, 5.74) is 0. The smallest absolute Gasteiger partial charge is 0.257 e. The fourth-order valence-electron chi connectivity index (χ4n) is 1.25. The molecule has 19 heavy (non-hydrogen) atoms. The van der Waals surface area contributed by atoms with Gasteiger partial charge in [-0.15, -0.1) is 12.4 Å². The van der Waals surface area contributed by atoms with E-state index < -0.39 is 0 Å². The van der Waals surface area contributed by atoms with Crippen LogP contribution in [0.1, 0.15) is 6.92 Å². The normalized spacial score (nSPS) is 9.63. The van der Waals surface area contributed by atoms with E-state index in [4.69, 9.17) is 27.9 Å². The number of halogens is 3. The first-order valence-electron chi connectivity index (χ1n) is 5.68. The van der Waals surface area contributed by atoms with E-state index in [0.717, 1.165) is 13.1 Å². The summed E-state index contributed by atoms with van der Waals surface area (Å²) < 4.78 is 5.29. The van der Waals surface area contributed by atoms with Crippen molar-refractivity contribution in [2.75, 3.05) is 26.2 Å². The van der Waals surface area contributed by atoms with Gasteiger partial charge in [0.2, 0.25) is 0 Å². The number of carbonyl (C=O) groups excluding carboxylic acids is 1. The molecule has 0 unspecified atom stereocenters. The molecule has 0 fully saturated rings. The third-order valence-electron chi connectivity index (χ3n) is 2.13. The molecule has 0 atom stereocenters. The molecular formula is C12H17Cl3N2O2. The molecule has 0 radical (unpaired) electrons. The second-order valence-corrected chi connectivity index (χ2v) is 4.41. The molecule has 0 aliphatic carbocycles. The van der Waals surface area contributed by atoms with Gasteiger partial charge in [0.15, 0.2) is 6.61 Å². The summed E-state index contributed by atoms with van der Waals surface area (Å²) in [7, 11) is 0. The van der Waals surface area contributed by atoms with Gasteiger partial charge in [0.25, 0.3) is 5.91 Å². The first-order valence-corrected chi connectivity index (χ1v) is 6.44. The molecule has 0 aromatic heterocycles. The molecular weight excluding hydrogens is 311 g/mol. The van der Waals surface area contributed by atoms with Crippen molar-refractivity contribution in [2.45, 2.75) is 6.92 Å². The topological polar surface area (TPSA) is 50.4 Å². The van der Waals surface area contributed by atoms with Gasteiger partial charge in [0.05, 0.1) is 5.02 Å². The number of hydrogen-bond acceptors (Lipinski definition) is 3. The highest BCUT2D eigenvalue weighted by Crippen LogP contribution is 2.27. The van der Waals surface area contributed by atoms with E-state index in [1.807, 2.05) is 6.92 Å². The van der Waals surface area contributed by atoms with Crippen molar-refractivity contribution in [3.8, 4) is 5.75 Å². The van der Waals surface area contributed by atoms with Crippen LogP contribution in [0.2, 0.25) is 10.0 Å². The molecule has 108 valence electrons. The molecule has 2 N–H and O–H groups in total. The van der Waals surface area contributed by atoms with Gasteiger partial charge in [-0.2, -0.15) is 0 Å². The fraction of sp³-hybridized carbons (Fsp3) is 0.417. The molecule has 7 heteroatoms. The summed E-state index contributed by atoms with van der Waals surface area (Å²) >= 11 is 11.7. The van der Waals surface area contributed by atoms with Crippen molar-refractivity contribution in [2.24, 2.45) is 0 Å². The highest BCUT2D eigenvalue weighted by molar-refractivity contribution is 6.34. The zero-order valence-corrected chi connectivity index (χ0v) is 12.9. The lowest BCUT2D eigenvalue weighted by Gasteiger charge is -2.09. The standard InChI is InChI=1S/C12H16Cl2N2O2.ClH/c1-2-15-5-6-16-12(17)8-18-11-7-9(13)3-4-10(11)14;/h3-4,7,15H,2,5-6,8H2,1H3,(H,16,17);1H. The molecule has 0 spiro atoms. The monoisotopic (exact) mass is 326 g/mol. The van der Waals surface area contributed by atoms with Gasteiger partial charge in [-0.1, -0.05) is 30.1 Å². The fourth-order valence-corrected chi connectivity index (χ4v) is 1.58.